The molecular formula is C43H56FN5O8S. The number of amides is 2. The Hall–Kier alpha value is -4.63. The van der Waals surface area contributed by atoms with Crippen LogP contribution in [0.2, 0.25) is 0 Å². The van der Waals surface area contributed by atoms with E-state index in [-0.39, 0.29) is 61.9 Å². The van der Waals surface area contributed by atoms with Crippen molar-refractivity contribution in [2.45, 2.75) is 116 Å². The Labute approximate surface area is 340 Å². The minimum absolute atomic E-state index is 0.0176. The van der Waals surface area contributed by atoms with E-state index in [4.69, 9.17) is 14.5 Å². The number of carbonyl (C=O) groups is 4. The van der Waals surface area contributed by atoms with Crippen LogP contribution in [0, 0.1) is 23.1 Å². The van der Waals surface area contributed by atoms with Gasteiger partial charge >= 0.3 is 16.2 Å². The zero-order valence-electron chi connectivity index (χ0n) is 34.5. The monoisotopic (exact) mass is 821 g/mol. The van der Waals surface area contributed by atoms with Crippen molar-refractivity contribution in [1.29, 1.82) is 0 Å². The maximum atomic E-state index is 14.7. The summed E-state index contributed by atoms with van der Waals surface area (Å²) in [6, 6.07) is 11.1. The molecule has 58 heavy (non-hydrogen) atoms. The molecule has 1 saturated carbocycles. The van der Waals surface area contributed by atoms with Crippen LogP contribution in [0.15, 0.2) is 54.6 Å². The summed E-state index contributed by atoms with van der Waals surface area (Å²) in [5, 5.41) is 0. The molecule has 0 bridgehead atoms. The molecule has 13 nitrogen and oxygen atoms in total. The van der Waals surface area contributed by atoms with Crippen molar-refractivity contribution < 1.29 is 41.5 Å². The Balaban J connectivity index is 1.36. The van der Waals surface area contributed by atoms with Crippen molar-refractivity contribution in [3.63, 3.8) is 0 Å². The van der Waals surface area contributed by atoms with E-state index in [0.717, 1.165) is 33.8 Å². The molecule has 1 saturated heterocycles. The summed E-state index contributed by atoms with van der Waals surface area (Å²) in [5.41, 5.74) is 0.912. The number of esters is 1. The van der Waals surface area contributed by atoms with Crippen LogP contribution in [0.1, 0.15) is 98.4 Å². The number of nitrogens with one attached hydrogen (secondary N) is 1. The topological polar surface area (TPSA) is 157 Å². The lowest BCUT2D eigenvalue weighted by Crippen LogP contribution is -2.47. The van der Waals surface area contributed by atoms with Gasteiger partial charge in [0.15, 0.2) is 5.78 Å². The fourth-order valence-corrected chi connectivity index (χ4v) is 8.83. The summed E-state index contributed by atoms with van der Waals surface area (Å²) in [4.78, 5) is 62.8. The zero-order chi connectivity index (χ0) is 42.2. The molecule has 0 radical (unpaired) electrons. The van der Waals surface area contributed by atoms with Crippen LogP contribution in [0.5, 0.6) is 6.01 Å². The fraction of sp³-hybridized carbons (Fsp3) is 0.558. The van der Waals surface area contributed by atoms with Crippen molar-refractivity contribution >= 4 is 44.8 Å². The van der Waals surface area contributed by atoms with Crippen LogP contribution >= 0.6 is 0 Å². The van der Waals surface area contributed by atoms with Crippen LogP contribution < -0.4 is 9.46 Å². The molecule has 3 aromatic rings. The predicted octanol–water partition coefficient (Wildman–Crippen LogP) is 6.53. The van der Waals surface area contributed by atoms with Crippen molar-refractivity contribution in [2.75, 3.05) is 20.6 Å². The molecule has 0 spiro atoms. The van der Waals surface area contributed by atoms with E-state index in [1.807, 2.05) is 48.8 Å². The number of halogens is 1. The van der Waals surface area contributed by atoms with Gasteiger partial charge in [0.2, 0.25) is 11.8 Å². The maximum Gasteiger partial charge on any atom is 0.307 e. The standard InChI is InChI=1S/C43H56FN5O8S/c1-27(2)49-34-17-13-16-33(28-18-20-31(44)21-19-28)38(34)45-41(49)56-32-23-35-36(50)25-43(40(53)46-58(54,55)47(6)7)24-30(43)15-12-10-8-9-11-14-29(39(52)48(35)26-32)22-37(51)57-42(3,4)5/h12-13,15-21,27,29-30,32,35H,8-11,14,22-26H2,1-7H3,(H,46,53)/b15-12-/t29-,30+,32-,35+,43-/m1/s1. The first kappa shape index (κ1) is 43.0. The highest BCUT2D eigenvalue weighted by Crippen LogP contribution is 2.57. The largest absolute Gasteiger partial charge is 0.460 e. The summed E-state index contributed by atoms with van der Waals surface area (Å²) < 4.78 is 56.8. The number of allylic oxidation sites excluding steroid dienone is 2. The van der Waals surface area contributed by atoms with Gasteiger partial charge in [0.05, 0.1) is 29.9 Å². The number of ketones is 1. The van der Waals surface area contributed by atoms with Crippen LogP contribution in [0.3, 0.4) is 0 Å². The highest BCUT2D eigenvalue weighted by molar-refractivity contribution is 7.87. The van der Waals surface area contributed by atoms with Crippen molar-refractivity contribution in [2.24, 2.45) is 17.3 Å². The van der Waals surface area contributed by atoms with Gasteiger partial charge in [-0.05, 0) is 90.0 Å². The van der Waals surface area contributed by atoms with Gasteiger partial charge < -0.3 is 14.4 Å². The molecule has 3 aliphatic rings. The third-order valence-electron chi connectivity index (χ3n) is 11.3. The number of ether oxygens (including phenoxy) is 2. The zero-order valence-corrected chi connectivity index (χ0v) is 35.3. The highest BCUT2D eigenvalue weighted by atomic mass is 32.2. The lowest BCUT2D eigenvalue weighted by atomic mass is 9.90. The summed E-state index contributed by atoms with van der Waals surface area (Å²) in [5.74, 6) is -3.52. The summed E-state index contributed by atoms with van der Waals surface area (Å²) >= 11 is 0. The van der Waals surface area contributed by atoms with Gasteiger partial charge in [0, 0.05) is 44.5 Å². The van der Waals surface area contributed by atoms with E-state index in [1.165, 1.54) is 31.1 Å². The number of hydrogen-bond acceptors (Lipinski definition) is 9. The molecule has 6 rings (SSSR count). The number of carbonyl (C=O) groups excluding carboxylic acids is 4. The normalized spacial score (nSPS) is 25.2. The maximum absolute atomic E-state index is 14.7. The molecule has 15 heteroatoms. The minimum Gasteiger partial charge on any atom is -0.460 e. The number of hydrogen-bond donors (Lipinski definition) is 1. The molecule has 2 fully saturated rings. The first-order chi connectivity index (χ1) is 27.3. The Morgan fingerprint density at radius 2 is 1.79 bits per heavy atom. The number of nitrogens with zero attached hydrogens (tertiary/aromatic N) is 4. The smallest absolute Gasteiger partial charge is 0.307 e. The molecule has 1 aromatic heterocycles. The third-order valence-corrected chi connectivity index (χ3v) is 12.7. The Morgan fingerprint density at radius 3 is 2.47 bits per heavy atom. The van der Waals surface area contributed by atoms with E-state index in [2.05, 4.69) is 4.72 Å². The predicted molar refractivity (Wildman–Crippen MR) is 217 cm³/mol. The van der Waals surface area contributed by atoms with E-state index in [1.54, 1.807) is 32.9 Å². The number of benzene rings is 2. The molecule has 314 valence electrons. The van der Waals surface area contributed by atoms with Gasteiger partial charge in [-0.1, -0.05) is 49.3 Å². The number of rotatable bonds is 9. The van der Waals surface area contributed by atoms with Crippen molar-refractivity contribution in [3.8, 4) is 17.1 Å². The Morgan fingerprint density at radius 1 is 1.07 bits per heavy atom. The van der Waals surface area contributed by atoms with Gasteiger partial charge in [-0.15, -0.1) is 0 Å². The van der Waals surface area contributed by atoms with E-state index < -0.39 is 56.9 Å². The molecular weight excluding hydrogens is 766 g/mol. The van der Waals surface area contributed by atoms with Crippen molar-refractivity contribution in [3.05, 3.63) is 60.4 Å². The molecule has 2 amide bonds. The number of aromatic nitrogens is 2. The molecule has 1 aliphatic carbocycles. The summed E-state index contributed by atoms with van der Waals surface area (Å²) in [6.45, 7) is 9.30. The molecule has 2 aliphatic heterocycles. The lowest BCUT2D eigenvalue weighted by molar-refractivity contribution is -0.159. The average molecular weight is 822 g/mol. The van der Waals surface area contributed by atoms with E-state index in [9.17, 15) is 32.0 Å². The van der Waals surface area contributed by atoms with E-state index in [0.29, 0.717) is 24.8 Å². The highest BCUT2D eigenvalue weighted by Gasteiger charge is 2.61. The number of Topliss-reactive ketones (excluding diaryl/α,β-unsaturated/α-hetero) is 1. The summed E-state index contributed by atoms with van der Waals surface area (Å²) in [7, 11) is -1.52. The van der Waals surface area contributed by atoms with Gasteiger partial charge in [-0.2, -0.15) is 17.7 Å². The second kappa shape index (κ2) is 16.9. The van der Waals surface area contributed by atoms with Gasteiger partial charge in [-0.3, -0.25) is 23.7 Å². The molecule has 5 atom stereocenters. The third kappa shape index (κ3) is 9.46. The van der Waals surface area contributed by atoms with Gasteiger partial charge in [0.25, 0.3) is 6.01 Å². The second-order valence-electron chi connectivity index (χ2n) is 17.4. The average Bonchev–Trinajstić information content (AvgIpc) is 3.46. The van der Waals surface area contributed by atoms with Gasteiger partial charge in [0.1, 0.15) is 23.0 Å². The SMILES string of the molecule is CC(C)n1c(O[C@@H]2C[C@H]3C(=O)C[C@]4(C(=O)NS(=O)(=O)N(C)C)C[C@@H]4/C=C\CCCCC[C@H](CC(=O)OC(C)(C)C)C(=O)N3C2)nc2c(-c3ccc(F)cc3)cccc21. The number of fused-ring (bicyclic) bond motifs is 3. The van der Waals surface area contributed by atoms with Crippen LogP contribution in [0.25, 0.3) is 22.2 Å². The van der Waals surface area contributed by atoms with Crippen molar-refractivity contribution in [1.82, 2.24) is 23.5 Å². The number of imidazole rings is 1. The van der Waals surface area contributed by atoms with Crippen LogP contribution in [-0.4, -0.2) is 89.1 Å². The lowest BCUT2D eigenvalue weighted by Gasteiger charge is -2.29. The van der Waals surface area contributed by atoms with Gasteiger partial charge in [-0.25, -0.2) is 9.11 Å². The quantitative estimate of drug-likeness (QED) is 0.187. The van der Waals surface area contributed by atoms with Crippen LogP contribution in [0.4, 0.5) is 4.39 Å². The molecule has 1 N–H and O–H groups in total. The molecule has 0 unspecified atom stereocenters. The Bertz CT molecular complexity index is 2180. The minimum atomic E-state index is -4.14. The molecule has 2 aromatic carbocycles. The van der Waals surface area contributed by atoms with E-state index >= 15 is 0 Å². The molecule has 3 heterocycles. The Kier molecular flexibility index (Phi) is 12.5. The van der Waals surface area contributed by atoms with Crippen LogP contribution in [-0.2, 0) is 34.1 Å². The second-order valence-corrected chi connectivity index (χ2v) is 19.3. The fourth-order valence-electron chi connectivity index (χ4n) is 8.21. The summed E-state index contributed by atoms with van der Waals surface area (Å²) in [6.07, 6.45) is 6.49. The first-order valence-corrected chi connectivity index (χ1v) is 21.6. The first-order valence-electron chi connectivity index (χ1n) is 20.2. The number of para-hydroxylation sites is 1.